The number of hydrogen-bond acceptors (Lipinski definition) is 5. The fraction of sp³-hybridized carbons (Fsp3) is 0.400. The summed E-state index contributed by atoms with van der Waals surface area (Å²) in [5.41, 5.74) is -0.208. The number of pyridine rings is 1. The number of aromatic nitrogens is 1. The summed E-state index contributed by atoms with van der Waals surface area (Å²) in [6.07, 6.45) is -2.50. The normalized spacial score (nSPS) is 16.1. The predicted octanol–water partition coefficient (Wildman–Crippen LogP) is 2.83. The van der Waals surface area contributed by atoms with Gasteiger partial charge in [-0.15, -0.1) is 0 Å². The maximum Gasteiger partial charge on any atom is 0.416 e. The monoisotopic (exact) mass is 457 g/mol. The Kier molecular flexibility index (Phi) is 6.85. The van der Waals surface area contributed by atoms with Crippen LogP contribution in [0.4, 0.5) is 13.2 Å². The van der Waals surface area contributed by atoms with Gasteiger partial charge >= 0.3 is 6.18 Å². The van der Waals surface area contributed by atoms with Gasteiger partial charge in [0.05, 0.1) is 17.6 Å². The highest BCUT2D eigenvalue weighted by atomic mass is 32.2. The lowest BCUT2D eigenvalue weighted by Crippen LogP contribution is -2.42. The first-order chi connectivity index (χ1) is 14.6. The van der Waals surface area contributed by atoms with E-state index >= 15 is 0 Å². The maximum absolute atomic E-state index is 12.9. The Bertz CT molecular complexity index is 1040. The van der Waals surface area contributed by atoms with Gasteiger partial charge in [-0.05, 0) is 42.7 Å². The van der Waals surface area contributed by atoms with Crippen molar-refractivity contribution in [1.82, 2.24) is 14.6 Å². The van der Waals surface area contributed by atoms with Crippen LogP contribution in [0.15, 0.2) is 47.5 Å². The third-order valence-corrected chi connectivity index (χ3v) is 6.99. The van der Waals surface area contributed by atoms with Crippen LogP contribution in [0.3, 0.4) is 0 Å². The van der Waals surface area contributed by atoms with Gasteiger partial charge in [0, 0.05) is 37.8 Å². The van der Waals surface area contributed by atoms with E-state index in [-0.39, 0.29) is 44.3 Å². The third kappa shape index (κ3) is 5.53. The standard InChI is InChI=1S/C20H22F3N3O4S/c1-30-18-11-14(5-8-24-18)13-25-19(27)15-6-9-26(10-7-15)31(28,29)17-4-2-3-16(12-17)20(21,22)23/h2-5,8,11-12,15H,6-7,9-10,13H2,1H3,(H,25,27). The molecule has 1 aliphatic heterocycles. The summed E-state index contributed by atoms with van der Waals surface area (Å²) < 4.78 is 70.4. The summed E-state index contributed by atoms with van der Waals surface area (Å²) in [7, 11) is -2.58. The first kappa shape index (κ1) is 23.0. The lowest BCUT2D eigenvalue weighted by Gasteiger charge is -2.30. The van der Waals surface area contributed by atoms with Crippen LogP contribution in [-0.4, -0.2) is 43.8 Å². The van der Waals surface area contributed by atoms with Crippen molar-refractivity contribution >= 4 is 15.9 Å². The highest BCUT2D eigenvalue weighted by molar-refractivity contribution is 7.89. The second-order valence-corrected chi connectivity index (χ2v) is 9.07. The predicted molar refractivity (Wildman–Crippen MR) is 106 cm³/mol. The Morgan fingerprint density at radius 2 is 1.94 bits per heavy atom. The molecule has 3 rings (SSSR count). The zero-order chi connectivity index (χ0) is 22.6. The second-order valence-electron chi connectivity index (χ2n) is 7.13. The van der Waals surface area contributed by atoms with Gasteiger partial charge in [-0.2, -0.15) is 17.5 Å². The van der Waals surface area contributed by atoms with Gasteiger partial charge in [-0.1, -0.05) is 6.07 Å². The van der Waals surface area contributed by atoms with E-state index in [2.05, 4.69) is 10.3 Å². The lowest BCUT2D eigenvalue weighted by atomic mass is 9.97. The highest BCUT2D eigenvalue weighted by Gasteiger charge is 2.35. The van der Waals surface area contributed by atoms with Crippen molar-refractivity contribution in [3.63, 3.8) is 0 Å². The van der Waals surface area contributed by atoms with E-state index < -0.39 is 26.7 Å². The molecular formula is C20H22F3N3O4S. The van der Waals surface area contributed by atoms with Crippen LogP contribution >= 0.6 is 0 Å². The summed E-state index contributed by atoms with van der Waals surface area (Å²) in [5.74, 6) is -0.150. The van der Waals surface area contributed by atoms with Crippen LogP contribution in [0.2, 0.25) is 0 Å². The first-order valence-corrected chi connectivity index (χ1v) is 11.0. The van der Waals surface area contributed by atoms with Crippen molar-refractivity contribution in [2.75, 3.05) is 20.2 Å². The minimum Gasteiger partial charge on any atom is -0.481 e. The molecule has 7 nitrogen and oxygen atoms in total. The molecule has 1 saturated heterocycles. The van der Waals surface area contributed by atoms with Crippen LogP contribution in [0.25, 0.3) is 0 Å². The van der Waals surface area contributed by atoms with E-state index in [1.807, 2.05) is 0 Å². The molecule has 0 atom stereocenters. The highest BCUT2D eigenvalue weighted by Crippen LogP contribution is 2.32. The number of rotatable bonds is 6. The summed E-state index contributed by atoms with van der Waals surface area (Å²) in [4.78, 5) is 16.0. The van der Waals surface area contributed by atoms with Gasteiger partial charge in [-0.3, -0.25) is 4.79 Å². The number of alkyl halides is 3. The number of piperidine rings is 1. The van der Waals surface area contributed by atoms with Crippen molar-refractivity contribution < 1.29 is 31.1 Å². The van der Waals surface area contributed by atoms with E-state index in [0.717, 1.165) is 28.1 Å². The molecule has 1 fully saturated rings. The largest absolute Gasteiger partial charge is 0.481 e. The van der Waals surface area contributed by atoms with Gasteiger partial charge < -0.3 is 10.1 Å². The molecule has 0 saturated carbocycles. The molecule has 1 aromatic carbocycles. The van der Waals surface area contributed by atoms with Crippen molar-refractivity contribution in [1.29, 1.82) is 0 Å². The van der Waals surface area contributed by atoms with Crippen molar-refractivity contribution in [3.05, 3.63) is 53.7 Å². The average Bonchev–Trinajstić information content (AvgIpc) is 2.77. The molecule has 0 spiro atoms. The Morgan fingerprint density at radius 3 is 2.58 bits per heavy atom. The van der Waals surface area contributed by atoms with Crippen LogP contribution < -0.4 is 10.1 Å². The smallest absolute Gasteiger partial charge is 0.416 e. The molecule has 0 unspecified atom stereocenters. The Balaban J connectivity index is 1.59. The van der Waals surface area contributed by atoms with Crippen LogP contribution in [-0.2, 0) is 27.5 Å². The Morgan fingerprint density at radius 1 is 1.23 bits per heavy atom. The maximum atomic E-state index is 12.9. The molecule has 2 aromatic rings. The van der Waals surface area contributed by atoms with Crippen molar-refractivity contribution in [3.8, 4) is 5.88 Å². The molecule has 0 aliphatic carbocycles. The summed E-state index contributed by atoms with van der Waals surface area (Å²) in [6.45, 7) is 0.389. The minimum absolute atomic E-state index is 0.0553. The summed E-state index contributed by atoms with van der Waals surface area (Å²) in [5, 5.41) is 2.81. The number of amides is 1. The number of nitrogens with zero attached hydrogens (tertiary/aromatic N) is 2. The van der Waals surface area contributed by atoms with Gasteiger partial charge in [0.25, 0.3) is 0 Å². The SMILES string of the molecule is COc1cc(CNC(=O)C2CCN(S(=O)(=O)c3cccc(C(F)(F)F)c3)CC2)ccn1. The van der Waals surface area contributed by atoms with E-state index in [9.17, 15) is 26.4 Å². The number of sulfonamides is 1. The topological polar surface area (TPSA) is 88.6 Å². The second kappa shape index (κ2) is 9.23. The van der Waals surface area contributed by atoms with E-state index in [1.165, 1.54) is 7.11 Å². The van der Waals surface area contributed by atoms with Crippen molar-refractivity contribution in [2.45, 2.75) is 30.5 Å². The molecule has 1 aliphatic rings. The first-order valence-electron chi connectivity index (χ1n) is 9.55. The van der Waals surface area contributed by atoms with E-state index in [1.54, 1.807) is 18.3 Å². The average molecular weight is 457 g/mol. The molecule has 0 bridgehead atoms. The third-order valence-electron chi connectivity index (χ3n) is 5.10. The fourth-order valence-corrected chi connectivity index (χ4v) is 4.86. The van der Waals surface area contributed by atoms with Crippen LogP contribution in [0, 0.1) is 5.92 Å². The zero-order valence-electron chi connectivity index (χ0n) is 16.7. The molecule has 11 heteroatoms. The number of halogens is 3. The fourth-order valence-electron chi connectivity index (χ4n) is 3.35. The number of hydrogen-bond donors (Lipinski definition) is 1. The zero-order valence-corrected chi connectivity index (χ0v) is 17.5. The molecule has 0 radical (unpaired) electrons. The van der Waals surface area contributed by atoms with E-state index in [4.69, 9.17) is 4.74 Å². The number of methoxy groups -OCH3 is 1. The number of carbonyl (C=O) groups excluding carboxylic acids is 1. The molecule has 1 amide bonds. The van der Waals surface area contributed by atoms with Crippen molar-refractivity contribution in [2.24, 2.45) is 5.92 Å². The van der Waals surface area contributed by atoms with Gasteiger partial charge in [0.1, 0.15) is 0 Å². The molecule has 1 aromatic heterocycles. The molecule has 168 valence electrons. The van der Waals surface area contributed by atoms with Gasteiger partial charge in [-0.25, -0.2) is 13.4 Å². The van der Waals surface area contributed by atoms with E-state index in [0.29, 0.717) is 11.9 Å². The van der Waals surface area contributed by atoms with Crippen LogP contribution in [0.5, 0.6) is 5.88 Å². The van der Waals surface area contributed by atoms with Gasteiger partial charge in [0.2, 0.25) is 21.8 Å². The lowest BCUT2D eigenvalue weighted by molar-refractivity contribution is -0.137. The van der Waals surface area contributed by atoms with Gasteiger partial charge in [0.15, 0.2) is 0 Å². The number of ether oxygens (including phenoxy) is 1. The quantitative estimate of drug-likeness (QED) is 0.721. The van der Waals surface area contributed by atoms with Crippen LogP contribution in [0.1, 0.15) is 24.0 Å². The summed E-state index contributed by atoms with van der Waals surface area (Å²) >= 11 is 0. The summed E-state index contributed by atoms with van der Waals surface area (Å²) in [6, 6.07) is 7.12. The number of benzene rings is 1. The Labute approximate surface area is 178 Å². The molecule has 31 heavy (non-hydrogen) atoms. The number of carbonyl (C=O) groups is 1. The minimum atomic E-state index is -4.63. The molecule has 1 N–H and O–H groups in total. The molecular weight excluding hydrogens is 435 g/mol. The Hall–Kier alpha value is -2.66. The number of nitrogens with one attached hydrogen (secondary N) is 1. The molecule has 2 heterocycles.